The average molecular weight is 352 g/mol. The van der Waals surface area contributed by atoms with E-state index in [1.807, 2.05) is 0 Å². The van der Waals surface area contributed by atoms with Crippen LogP contribution in [0.1, 0.15) is 26.0 Å². The van der Waals surface area contributed by atoms with Crippen LogP contribution in [0.4, 0.5) is 4.79 Å². The van der Waals surface area contributed by atoms with Gasteiger partial charge >= 0.3 is 154 Å². The number of barbiturate groups is 1. The van der Waals surface area contributed by atoms with E-state index in [0.29, 0.717) is 12.0 Å². The molecule has 98 valence electrons. The Balaban J connectivity index is -0.0000000463. The van der Waals surface area contributed by atoms with Crippen molar-refractivity contribution < 1.29 is 169 Å². The minimum atomic E-state index is -1.31. The number of benzene rings is 1. The summed E-state index contributed by atoms with van der Waals surface area (Å²) in [5, 5.41) is 4.28. The summed E-state index contributed by atoms with van der Waals surface area (Å²) in [7, 11) is 0. The van der Waals surface area contributed by atoms with Crippen LogP contribution < -0.4 is 158 Å². The first-order chi connectivity index (χ1) is 8.11. The van der Waals surface area contributed by atoms with E-state index in [-0.39, 0.29) is 155 Å². The summed E-state index contributed by atoms with van der Waals surface area (Å²) in [5.41, 5.74) is -0.722. The van der Waals surface area contributed by atoms with Gasteiger partial charge in [-0.3, -0.25) is 20.2 Å². The van der Waals surface area contributed by atoms with Crippen molar-refractivity contribution in [2.45, 2.75) is 18.8 Å². The van der Waals surface area contributed by atoms with Crippen LogP contribution in [0.15, 0.2) is 30.3 Å². The Labute approximate surface area is 248 Å². The first kappa shape index (κ1) is 32.5. The standard InChI is InChI=1S/C12H12N2O3.5Na.5H/c1-2-12(8-6-4-3-5-7-8)9(15)13-11(17)14-10(12)16;;;;;;;;;;/h3-7H,2H2,1H3,(H2,13,14,15,16,17);;;;;;;;;;/q;5*+1;5*-1. The van der Waals surface area contributed by atoms with E-state index < -0.39 is 23.3 Å². The molecule has 2 rings (SSSR count). The molecule has 1 aliphatic heterocycles. The number of hydrogen-bond donors (Lipinski definition) is 2. The number of urea groups is 1. The van der Waals surface area contributed by atoms with Crippen LogP contribution in [-0.4, -0.2) is 17.8 Å². The van der Waals surface area contributed by atoms with Gasteiger partial charge < -0.3 is 7.13 Å². The van der Waals surface area contributed by atoms with E-state index in [1.165, 1.54) is 0 Å². The summed E-state index contributed by atoms with van der Waals surface area (Å²) in [6, 6.07) is 7.96. The molecule has 5 nitrogen and oxygen atoms in total. The van der Waals surface area contributed by atoms with Gasteiger partial charge in [-0.05, 0) is 12.0 Å². The minimum Gasteiger partial charge on any atom is -1.00 e. The Hall–Kier alpha value is 2.83. The van der Waals surface area contributed by atoms with Gasteiger partial charge in [0.15, 0.2) is 5.41 Å². The number of nitrogens with one attached hydrogen (secondary N) is 2. The van der Waals surface area contributed by atoms with Gasteiger partial charge in [0.25, 0.3) is 0 Å². The van der Waals surface area contributed by atoms with Gasteiger partial charge in [-0.15, -0.1) is 0 Å². The zero-order chi connectivity index (χ0) is 12.5. The van der Waals surface area contributed by atoms with Crippen molar-refractivity contribution in [3.8, 4) is 0 Å². The smallest absolute Gasteiger partial charge is 1.00 e. The second-order valence-corrected chi connectivity index (χ2v) is 3.86. The fraction of sp³-hybridized carbons (Fsp3) is 0.250. The predicted molar refractivity (Wildman–Crippen MR) is 65.7 cm³/mol. The van der Waals surface area contributed by atoms with Gasteiger partial charge in [-0.25, -0.2) is 4.79 Å². The van der Waals surface area contributed by atoms with Crippen molar-refractivity contribution in [2.75, 3.05) is 0 Å². The molecule has 22 heavy (non-hydrogen) atoms. The Morgan fingerprint density at radius 1 is 0.864 bits per heavy atom. The molecule has 1 aliphatic rings. The van der Waals surface area contributed by atoms with Gasteiger partial charge in [0.05, 0.1) is 0 Å². The van der Waals surface area contributed by atoms with E-state index in [2.05, 4.69) is 10.6 Å². The summed E-state index contributed by atoms with van der Waals surface area (Å²) in [6.07, 6.45) is 0.294. The Morgan fingerprint density at radius 2 is 1.27 bits per heavy atom. The molecule has 10 heteroatoms. The van der Waals surface area contributed by atoms with E-state index in [1.54, 1.807) is 37.3 Å². The van der Waals surface area contributed by atoms with E-state index >= 15 is 0 Å². The summed E-state index contributed by atoms with van der Waals surface area (Å²) in [5.74, 6) is -1.14. The predicted octanol–water partition coefficient (Wildman–Crippen LogP) is -13.7. The van der Waals surface area contributed by atoms with Crippen LogP contribution in [-0.2, 0) is 15.0 Å². The van der Waals surface area contributed by atoms with Crippen molar-refractivity contribution >= 4 is 17.8 Å². The molecule has 0 saturated carbocycles. The molecule has 0 aromatic heterocycles. The second kappa shape index (κ2) is 14.9. The first-order valence-electron chi connectivity index (χ1n) is 5.33. The number of imide groups is 2. The number of amides is 4. The number of rotatable bonds is 2. The van der Waals surface area contributed by atoms with Crippen LogP contribution in [0.5, 0.6) is 0 Å². The quantitative estimate of drug-likeness (QED) is 0.410. The molecular weight excluding hydrogens is 335 g/mol. The maximum Gasteiger partial charge on any atom is 1.00 e. The molecule has 1 aromatic rings. The van der Waals surface area contributed by atoms with Crippen molar-refractivity contribution in [1.82, 2.24) is 10.6 Å². The third-order valence-corrected chi connectivity index (χ3v) is 3.03. The molecule has 2 N–H and O–H groups in total. The first-order valence-corrected chi connectivity index (χ1v) is 5.33. The fourth-order valence-corrected chi connectivity index (χ4v) is 2.06. The molecule has 4 amide bonds. The number of carbonyl (C=O) groups excluding carboxylic acids is 3. The van der Waals surface area contributed by atoms with Crippen LogP contribution >= 0.6 is 0 Å². The van der Waals surface area contributed by atoms with Gasteiger partial charge in [0.1, 0.15) is 0 Å². The summed E-state index contributed by atoms with van der Waals surface area (Å²) >= 11 is 0. The molecule has 0 aliphatic carbocycles. The molecule has 1 aromatic carbocycles. The molecule has 0 atom stereocenters. The summed E-state index contributed by atoms with van der Waals surface area (Å²) < 4.78 is 0. The van der Waals surface area contributed by atoms with Crippen molar-refractivity contribution in [3.63, 3.8) is 0 Å². The SMILES string of the molecule is CCC1(c2ccccc2)C(=O)NC(=O)NC1=O.[H-].[H-].[H-].[H-].[H-].[Na+].[Na+].[Na+].[Na+].[Na+]. The third-order valence-electron chi connectivity index (χ3n) is 3.03. The average Bonchev–Trinajstić information content (AvgIpc) is 2.30. The topological polar surface area (TPSA) is 75.3 Å². The molecule has 1 heterocycles. The molecule has 0 radical (unpaired) electrons. The van der Waals surface area contributed by atoms with Gasteiger partial charge in [0.2, 0.25) is 11.8 Å². The van der Waals surface area contributed by atoms with E-state index in [0.717, 1.165) is 0 Å². The van der Waals surface area contributed by atoms with Crippen molar-refractivity contribution in [2.24, 2.45) is 0 Å². The Morgan fingerprint density at radius 3 is 1.64 bits per heavy atom. The van der Waals surface area contributed by atoms with Gasteiger partial charge in [-0.1, -0.05) is 37.3 Å². The minimum absolute atomic E-state index is 0. The normalized spacial score (nSPS) is 14.3. The fourth-order valence-electron chi connectivity index (χ4n) is 2.06. The van der Waals surface area contributed by atoms with Gasteiger partial charge in [0, 0.05) is 0 Å². The maximum absolute atomic E-state index is 12.0. The zero-order valence-corrected chi connectivity index (χ0v) is 24.3. The third kappa shape index (κ3) is 6.86. The van der Waals surface area contributed by atoms with Crippen molar-refractivity contribution in [1.29, 1.82) is 0 Å². The number of hydrogen-bond acceptors (Lipinski definition) is 3. The second-order valence-electron chi connectivity index (χ2n) is 3.86. The molecule has 0 spiro atoms. The summed E-state index contributed by atoms with van der Waals surface area (Å²) in [6.45, 7) is 1.74. The molecule has 0 bridgehead atoms. The number of carbonyl (C=O) groups is 3. The van der Waals surface area contributed by atoms with Crippen LogP contribution in [0.25, 0.3) is 0 Å². The summed E-state index contributed by atoms with van der Waals surface area (Å²) in [4.78, 5) is 35.0. The molecule has 0 unspecified atom stereocenters. The zero-order valence-electron chi connectivity index (χ0n) is 19.3. The Bertz CT molecular complexity index is 497. The molecular formula is C12H17N2Na5O3. The van der Waals surface area contributed by atoms with E-state index in [4.69, 9.17) is 0 Å². The van der Waals surface area contributed by atoms with Gasteiger partial charge in [-0.2, -0.15) is 0 Å². The Kier molecular flexibility index (Phi) is 22.1. The molecule has 1 saturated heterocycles. The monoisotopic (exact) mass is 352 g/mol. The van der Waals surface area contributed by atoms with Crippen LogP contribution in [0.2, 0.25) is 0 Å². The van der Waals surface area contributed by atoms with E-state index in [9.17, 15) is 14.4 Å². The largest absolute Gasteiger partial charge is 1.00 e. The van der Waals surface area contributed by atoms with Crippen LogP contribution in [0.3, 0.4) is 0 Å². The van der Waals surface area contributed by atoms with Crippen molar-refractivity contribution in [3.05, 3.63) is 35.9 Å². The maximum atomic E-state index is 12.0. The molecule has 1 fully saturated rings. The van der Waals surface area contributed by atoms with Crippen LogP contribution in [0, 0.1) is 0 Å².